The molecule has 7 heteroatoms. The number of benzene rings is 1. The van der Waals surface area contributed by atoms with Crippen molar-refractivity contribution in [3.63, 3.8) is 0 Å². The van der Waals surface area contributed by atoms with Gasteiger partial charge in [-0.1, -0.05) is 0 Å². The van der Waals surface area contributed by atoms with E-state index < -0.39 is 0 Å². The molecule has 2 N–H and O–H groups in total. The zero-order valence-corrected chi connectivity index (χ0v) is 11.9. The van der Waals surface area contributed by atoms with Crippen LogP contribution in [-0.4, -0.2) is 24.7 Å². The van der Waals surface area contributed by atoms with Gasteiger partial charge >= 0.3 is 0 Å². The summed E-state index contributed by atoms with van der Waals surface area (Å²) in [4.78, 5) is 12.4. The van der Waals surface area contributed by atoms with Crippen molar-refractivity contribution in [2.24, 2.45) is 0 Å². The van der Waals surface area contributed by atoms with Crippen LogP contribution in [0.3, 0.4) is 0 Å². The Labute approximate surface area is 122 Å². The fourth-order valence-electron chi connectivity index (χ4n) is 1.60. The maximum Gasteiger partial charge on any atom is 0.181 e. The van der Waals surface area contributed by atoms with Crippen LogP contribution in [0.1, 0.15) is 0 Å². The molecule has 0 unspecified atom stereocenters. The molecular formula is C12H9IN6. The molecule has 94 valence electrons. The topological polar surface area (TPSA) is 82.5 Å². The molecule has 3 rings (SSSR count). The fraction of sp³-hybridized carbons (Fsp3) is 0. The van der Waals surface area contributed by atoms with Gasteiger partial charge < -0.3 is 5.73 Å². The number of rotatable bonds is 2. The quantitative estimate of drug-likeness (QED) is 0.555. The highest BCUT2D eigenvalue weighted by Crippen LogP contribution is 2.18. The number of halogens is 1. The highest BCUT2D eigenvalue weighted by Gasteiger charge is 2.08. The Morgan fingerprint density at radius 3 is 2.63 bits per heavy atom. The molecule has 2 heterocycles. The molecule has 0 bridgehead atoms. The Kier molecular flexibility index (Phi) is 3.11. The van der Waals surface area contributed by atoms with Crippen LogP contribution in [-0.2, 0) is 0 Å². The van der Waals surface area contributed by atoms with Crippen LogP contribution in [0, 0.1) is 3.57 Å². The SMILES string of the molecule is Nc1ccc(-c2ncn(-c3ncncc3I)n2)cc1. The lowest BCUT2D eigenvalue weighted by Gasteiger charge is -2.00. The molecule has 3 aromatic rings. The van der Waals surface area contributed by atoms with Crippen molar-refractivity contribution in [3.8, 4) is 17.2 Å². The Bertz CT molecular complexity index is 706. The summed E-state index contributed by atoms with van der Waals surface area (Å²) < 4.78 is 2.55. The third-order valence-corrected chi connectivity index (χ3v) is 3.29. The molecule has 0 amide bonds. The first-order chi connectivity index (χ1) is 9.24. The maximum absolute atomic E-state index is 5.66. The minimum atomic E-state index is 0.634. The second-order valence-electron chi connectivity index (χ2n) is 3.83. The molecule has 6 nitrogen and oxygen atoms in total. The fourth-order valence-corrected chi connectivity index (χ4v) is 2.15. The Morgan fingerprint density at radius 1 is 1.11 bits per heavy atom. The number of aromatic nitrogens is 5. The maximum atomic E-state index is 5.66. The summed E-state index contributed by atoms with van der Waals surface area (Å²) in [7, 11) is 0. The minimum absolute atomic E-state index is 0.634. The number of hydrogen-bond donors (Lipinski definition) is 1. The standard InChI is InChI=1S/C12H9IN6/c13-10-5-15-6-16-12(10)19-7-17-11(18-19)8-1-3-9(14)4-2-8/h1-7H,14H2. The Hall–Kier alpha value is -2.03. The summed E-state index contributed by atoms with van der Waals surface area (Å²) in [6, 6.07) is 7.43. The second-order valence-corrected chi connectivity index (χ2v) is 4.99. The number of nitrogen functional groups attached to an aromatic ring is 1. The van der Waals surface area contributed by atoms with Crippen LogP contribution < -0.4 is 5.73 Å². The molecule has 1 aromatic carbocycles. The molecule has 0 aliphatic heterocycles. The largest absolute Gasteiger partial charge is 0.399 e. The van der Waals surface area contributed by atoms with Gasteiger partial charge in [0.1, 0.15) is 12.7 Å². The molecule has 2 aromatic heterocycles. The van der Waals surface area contributed by atoms with Crippen LogP contribution in [0.15, 0.2) is 43.1 Å². The summed E-state index contributed by atoms with van der Waals surface area (Å²) in [6.07, 6.45) is 4.85. The number of hydrogen-bond acceptors (Lipinski definition) is 5. The molecule has 0 atom stereocenters. The molecule has 0 radical (unpaired) electrons. The highest BCUT2D eigenvalue weighted by atomic mass is 127. The molecule has 0 aliphatic rings. The van der Waals surface area contributed by atoms with E-state index in [1.54, 1.807) is 17.2 Å². The van der Waals surface area contributed by atoms with Crippen molar-refractivity contribution < 1.29 is 0 Å². The molecule has 19 heavy (non-hydrogen) atoms. The second kappa shape index (κ2) is 4.92. The van der Waals surface area contributed by atoms with E-state index >= 15 is 0 Å². The van der Waals surface area contributed by atoms with E-state index in [1.807, 2.05) is 24.3 Å². The van der Waals surface area contributed by atoms with Gasteiger partial charge in [0, 0.05) is 17.4 Å². The van der Waals surface area contributed by atoms with Crippen molar-refractivity contribution in [2.45, 2.75) is 0 Å². The average Bonchev–Trinajstić information content (AvgIpc) is 2.89. The zero-order valence-electron chi connectivity index (χ0n) is 9.73. The van der Waals surface area contributed by atoms with Crippen molar-refractivity contribution >= 4 is 28.3 Å². The molecule has 0 aliphatic carbocycles. The van der Waals surface area contributed by atoms with Gasteiger partial charge in [0.15, 0.2) is 11.6 Å². The lowest BCUT2D eigenvalue weighted by atomic mass is 10.2. The third kappa shape index (κ3) is 2.41. The van der Waals surface area contributed by atoms with Crippen molar-refractivity contribution in [1.82, 2.24) is 24.7 Å². The van der Waals surface area contributed by atoms with Crippen LogP contribution in [0.2, 0.25) is 0 Å². The molecule has 0 fully saturated rings. The van der Waals surface area contributed by atoms with Crippen LogP contribution in [0.5, 0.6) is 0 Å². The smallest absolute Gasteiger partial charge is 0.181 e. The van der Waals surface area contributed by atoms with Gasteiger partial charge in [0.05, 0.1) is 3.57 Å². The summed E-state index contributed by atoms with van der Waals surface area (Å²) in [6.45, 7) is 0. The van der Waals surface area contributed by atoms with Gasteiger partial charge in [-0.15, -0.1) is 5.10 Å². The van der Waals surface area contributed by atoms with Gasteiger partial charge in [-0.3, -0.25) is 0 Å². The van der Waals surface area contributed by atoms with Gasteiger partial charge in [-0.2, -0.15) is 0 Å². The summed E-state index contributed by atoms with van der Waals surface area (Å²) in [5, 5.41) is 4.41. The van der Waals surface area contributed by atoms with Crippen LogP contribution in [0.4, 0.5) is 5.69 Å². The predicted molar refractivity (Wildman–Crippen MR) is 79.5 cm³/mol. The first-order valence-electron chi connectivity index (χ1n) is 5.47. The average molecular weight is 364 g/mol. The number of anilines is 1. The Morgan fingerprint density at radius 2 is 1.89 bits per heavy atom. The predicted octanol–water partition coefficient (Wildman–Crippen LogP) is 1.91. The highest BCUT2D eigenvalue weighted by molar-refractivity contribution is 14.1. The number of nitrogens with two attached hydrogens (primary N) is 1. The van der Waals surface area contributed by atoms with E-state index in [2.05, 4.69) is 42.6 Å². The monoisotopic (exact) mass is 364 g/mol. The summed E-state index contributed by atoms with van der Waals surface area (Å²) in [5.74, 6) is 1.35. The molecule has 0 saturated carbocycles. The molecule has 0 saturated heterocycles. The van der Waals surface area contributed by atoms with Crippen LogP contribution >= 0.6 is 22.6 Å². The first-order valence-corrected chi connectivity index (χ1v) is 6.55. The van der Waals surface area contributed by atoms with Crippen molar-refractivity contribution in [3.05, 3.63) is 46.7 Å². The van der Waals surface area contributed by atoms with E-state index in [-0.39, 0.29) is 0 Å². The van der Waals surface area contributed by atoms with E-state index in [1.165, 1.54) is 6.33 Å². The Balaban J connectivity index is 2.00. The van der Waals surface area contributed by atoms with Crippen molar-refractivity contribution in [1.29, 1.82) is 0 Å². The van der Waals surface area contributed by atoms with Crippen molar-refractivity contribution in [2.75, 3.05) is 5.73 Å². The lowest BCUT2D eigenvalue weighted by Crippen LogP contribution is -2.01. The van der Waals surface area contributed by atoms with Gasteiger partial charge in [-0.05, 0) is 46.9 Å². The normalized spacial score (nSPS) is 10.6. The van der Waals surface area contributed by atoms with E-state index in [0.29, 0.717) is 17.3 Å². The van der Waals surface area contributed by atoms with E-state index in [9.17, 15) is 0 Å². The third-order valence-electron chi connectivity index (χ3n) is 2.53. The summed E-state index contributed by atoms with van der Waals surface area (Å²) >= 11 is 2.16. The zero-order chi connectivity index (χ0) is 13.2. The first kappa shape index (κ1) is 12.0. The number of nitrogens with zero attached hydrogens (tertiary/aromatic N) is 5. The van der Waals surface area contributed by atoms with E-state index in [4.69, 9.17) is 5.73 Å². The minimum Gasteiger partial charge on any atom is -0.399 e. The van der Waals surface area contributed by atoms with Crippen LogP contribution in [0.25, 0.3) is 17.2 Å². The molecule has 0 spiro atoms. The van der Waals surface area contributed by atoms with Gasteiger partial charge in [-0.25, -0.2) is 19.6 Å². The van der Waals surface area contributed by atoms with Gasteiger partial charge in [0.2, 0.25) is 0 Å². The molecular weight excluding hydrogens is 355 g/mol. The van der Waals surface area contributed by atoms with E-state index in [0.717, 1.165) is 9.13 Å². The summed E-state index contributed by atoms with van der Waals surface area (Å²) in [5.41, 5.74) is 7.29. The lowest BCUT2D eigenvalue weighted by molar-refractivity contribution is 0.833. The van der Waals surface area contributed by atoms with Gasteiger partial charge in [0.25, 0.3) is 0 Å².